The summed E-state index contributed by atoms with van der Waals surface area (Å²) in [6.07, 6.45) is 0.977. The van der Waals surface area contributed by atoms with E-state index in [9.17, 15) is 18.4 Å². The molecule has 0 spiro atoms. The number of alkyl halides is 2. The molecule has 0 aliphatic carbocycles. The summed E-state index contributed by atoms with van der Waals surface area (Å²) in [5.74, 6) is -3.48. The third-order valence-corrected chi connectivity index (χ3v) is 9.10. The van der Waals surface area contributed by atoms with Crippen LogP contribution in [-0.4, -0.2) is 86.8 Å². The summed E-state index contributed by atoms with van der Waals surface area (Å²) in [6, 6.07) is 8.52. The van der Waals surface area contributed by atoms with Crippen LogP contribution in [-0.2, 0) is 4.79 Å². The van der Waals surface area contributed by atoms with Crippen LogP contribution in [0.15, 0.2) is 48.5 Å². The summed E-state index contributed by atoms with van der Waals surface area (Å²) in [6.45, 7) is 0.182. The molecule has 1 aromatic heterocycles. The van der Waals surface area contributed by atoms with Crippen molar-refractivity contribution < 1.29 is 41.4 Å². The number of rotatable bonds is 9. The Morgan fingerprint density at radius 3 is 2.13 bits per heavy atom. The number of amides is 2. The lowest BCUT2D eigenvalue weighted by molar-refractivity contribution is -0.118. The standard InChI is InChI=1S/C32H33F4N5O5/c1-16-27(28-23(33)10-21(44-3)11-24(28)34)29(38-30(42)17-5-7-20(8-6-17)46-32(35)36)31(43)41(16)26-13-22(45-4)12-25(37-26)40-15-18-9-19(40)14-39(18)2/h5-8,10-13,16,18-19,27,29,32H,9,14-15H2,1-4H3,(H,38,42)/t16-,18-,19-,27-,29-/m0/s1. The van der Waals surface area contributed by atoms with Gasteiger partial charge in [-0.05, 0) is 44.7 Å². The Morgan fingerprint density at radius 1 is 0.935 bits per heavy atom. The van der Waals surface area contributed by atoms with E-state index < -0.39 is 53.6 Å². The number of hydrogen-bond donors (Lipinski definition) is 1. The summed E-state index contributed by atoms with van der Waals surface area (Å²) in [7, 11) is 4.84. The maximum Gasteiger partial charge on any atom is 0.387 e. The van der Waals surface area contributed by atoms with Crippen LogP contribution < -0.4 is 29.3 Å². The van der Waals surface area contributed by atoms with Crippen molar-refractivity contribution in [2.75, 3.05) is 44.2 Å². The van der Waals surface area contributed by atoms with Gasteiger partial charge in [-0.15, -0.1) is 0 Å². The van der Waals surface area contributed by atoms with Crippen LogP contribution in [0.5, 0.6) is 17.2 Å². The number of hydrogen-bond acceptors (Lipinski definition) is 8. The molecule has 46 heavy (non-hydrogen) atoms. The Labute approximate surface area is 262 Å². The predicted molar refractivity (Wildman–Crippen MR) is 160 cm³/mol. The van der Waals surface area contributed by atoms with Crippen molar-refractivity contribution in [3.63, 3.8) is 0 Å². The van der Waals surface area contributed by atoms with E-state index in [1.165, 1.54) is 43.4 Å². The molecule has 4 heterocycles. The first-order valence-electron chi connectivity index (χ1n) is 14.7. The average molecular weight is 644 g/mol. The molecular weight excluding hydrogens is 610 g/mol. The Hall–Kier alpha value is -4.59. The van der Waals surface area contributed by atoms with Crippen molar-refractivity contribution in [2.24, 2.45) is 0 Å². The summed E-state index contributed by atoms with van der Waals surface area (Å²) in [4.78, 5) is 38.2. The van der Waals surface area contributed by atoms with Gasteiger partial charge < -0.3 is 24.4 Å². The summed E-state index contributed by atoms with van der Waals surface area (Å²) < 4.78 is 71.3. The normalized spacial score (nSPS) is 24.2. The van der Waals surface area contributed by atoms with E-state index in [2.05, 4.69) is 26.9 Å². The fourth-order valence-electron chi connectivity index (χ4n) is 6.85. The number of methoxy groups -OCH3 is 2. The van der Waals surface area contributed by atoms with Crippen molar-refractivity contribution in [1.82, 2.24) is 15.2 Å². The van der Waals surface area contributed by atoms with Gasteiger partial charge in [0.25, 0.3) is 11.8 Å². The highest BCUT2D eigenvalue weighted by Crippen LogP contribution is 2.42. The molecule has 3 fully saturated rings. The topological polar surface area (TPSA) is 96.5 Å². The summed E-state index contributed by atoms with van der Waals surface area (Å²) in [5.41, 5.74) is -0.385. The molecule has 2 aromatic carbocycles. The fraction of sp³-hybridized carbons (Fsp3) is 0.406. The molecule has 0 radical (unpaired) electrons. The third kappa shape index (κ3) is 5.65. The van der Waals surface area contributed by atoms with E-state index in [1.54, 1.807) is 19.1 Å². The van der Waals surface area contributed by atoms with Crippen molar-refractivity contribution >= 4 is 23.5 Å². The molecule has 10 nitrogen and oxygen atoms in total. The molecule has 2 bridgehead atoms. The maximum absolute atomic E-state index is 15.6. The number of halogens is 4. The lowest BCUT2D eigenvalue weighted by Gasteiger charge is -2.33. The van der Waals surface area contributed by atoms with E-state index in [-0.39, 0.29) is 28.9 Å². The molecule has 5 atom stereocenters. The quantitative estimate of drug-likeness (QED) is 0.347. The smallest absolute Gasteiger partial charge is 0.387 e. The van der Waals surface area contributed by atoms with E-state index in [0.717, 1.165) is 31.6 Å². The highest BCUT2D eigenvalue weighted by Gasteiger charge is 2.51. The number of piperazine rings is 1. The number of benzene rings is 2. The second-order valence-corrected chi connectivity index (χ2v) is 11.7. The van der Waals surface area contributed by atoms with Crippen LogP contribution in [0, 0.1) is 11.6 Å². The number of carbonyl (C=O) groups excluding carboxylic acids is 2. The number of nitrogens with one attached hydrogen (secondary N) is 1. The Balaban J connectivity index is 1.38. The molecule has 3 aromatic rings. The second kappa shape index (κ2) is 12.3. The van der Waals surface area contributed by atoms with Gasteiger partial charge in [-0.1, -0.05) is 0 Å². The molecule has 6 rings (SSSR count). The van der Waals surface area contributed by atoms with Crippen LogP contribution in [0.2, 0.25) is 0 Å². The molecule has 3 aliphatic rings. The van der Waals surface area contributed by atoms with Crippen LogP contribution >= 0.6 is 0 Å². The molecule has 3 saturated heterocycles. The lowest BCUT2D eigenvalue weighted by Crippen LogP contribution is -2.45. The van der Waals surface area contributed by atoms with E-state index in [0.29, 0.717) is 17.6 Å². The number of fused-ring (bicyclic) bond motifs is 2. The molecule has 1 N–H and O–H groups in total. The SMILES string of the molecule is COc1cc(N2C[C@@H]3C[C@H]2CN3C)nc(N2C(=O)[C@@H](NC(=O)c3ccc(OC(F)F)cc3)[C@H](c3c(F)cc(OC)cc3F)[C@@H]2C)c1. The van der Waals surface area contributed by atoms with Crippen molar-refractivity contribution in [3.8, 4) is 17.2 Å². The van der Waals surface area contributed by atoms with Crippen molar-refractivity contribution in [2.45, 2.75) is 50.0 Å². The monoisotopic (exact) mass is 643 g/mol. The molecule has 2 amide bonds. The second-order valence-electron chi connectivity index (χ2n) is 11.7. The number of likely N-dealkylation sites (N-methyl/N-ethyl adjacent to an activating group) is 1. The first kappa shape index (κ1) is 31.4. The van der Waals surface area contributed by atoms with Crippen LogP contribution in [0.1, 0.15) is 35.2 Å². The molecule has 0 saturated carbocycles. The number of aromatic nitrogens is 1. The Kier molecular flexibility index (Phi) is 8.40. The predicted octanol–water partition coefficient (Wildman–Crippen LogP) is 4.19. The first-order chi connectivity index (χ1) is 22.0. The van der Waals surface area contributed by atoms with Gasteiger partial charge in [0, 0.05) is 72.5 Å². The molecule has 14 heteroatoms. The number of pyridine rings is 1. The van der Waals surface area contributed by atoms with Gasteiger partial charge in [0.1, 0.15) is 46.6 Å². The Bertz CT molecular complexity index is 1620. The van der Waals surface area contributed by atoms with Crippen LogP contribution in [0.3, 0.4) is 0 Å². The zero-order chi connectivity index (χ0) is 32.9. The van der Waals surface area contributed by atoms with Crippen LogP contribution in [0.4, 0.5) is 29.2 Å². The lowest BCUT2D eigenvalue weighted by atomic mass is 9.87. The average Bonchev–Trinajstić information content (AvgIpc) is 3.67. The largest absolute Gasteiger partial charge is 0.497 e. The number of carbonyl (C=O) groups is 2. The van der Waals surface area contributed by atoms with E-state index in [1.807, 2.05) is 0 Å². The highest BCUT2D eigenvalue weighted by atomic mass is 19.3. The minimum atomic E-state index is -3.05. The minimum absolute atomic E-state index is 0.0192. The molecule has 3 aliphatic heterocycles. The van der Waals surface area contributed by atoms with Crippen molar-refractivity contribution in [1.29, 1.82) is 0 Å². The number of nitrogens with zero attached hydrogens (tertiary/aromatic N) is 4. The zero-order valence-electron chi connectivity index (χ0n) is 25.5. The highest BCUT2D eigenvalue weighted by molar-refractivity contribution is 6.05. The molecular formula is C32H33F4N5O5. The third-order valence-electron chi connectivity index (χ3n) is 9.10. The van der Waals surface area contributed by atoms with Crippen molar-refractivity contribution in [3.05, 3.63) is 71.3 Å². The van der Waals surface area contributed by atoms with Gasteiger partial charge in [0.05, 0.1) is 14.2 Å². The van der Waals surface area contributed by atoms with Gasteiger partial charge in [-0.25, -0.2) is 13.8 Å². The van der Waals surface area contributed by atoms with Crippen LogP contribution in [0.25, 0.3) is 0 Å². The number of anilines is 2. The number of likely N-dealkylation sites (tertiary alicyclic amines) is 1. The van der Waals surface area contributed by atoms with Gasteiger partial charge in [-0.2, -0.15) is 8.78 Å². The first-order valence-corrected chi connectivity index (χ1v) is 14.7. The maximum atomic E-state index is 15.6. The number of ether oxygens (including phenoxy) is 3. The van der Waals surface area contributed by atoms with Gasteiger partial charge in [0.15, 0.2) is 0 Å². The zero-order valence-corrected chi connectivity index (χ0v) is 25.5. The van der Waals surface area contributed by atoms with E-state index in [4.69, 9.17) is 14.5 Å². The summed E-state index contributed by atoms with van der Waals surface area (Å²) >= 11 is 0. The van der Waals surface area contributed by atoms with Gasteiger partial charge in [-0.3, -0.25) is 19.4 Å². The fourth-order valence-corrected chi connectivity index (χ4v) is 6.85. The minimum Gasteiger partial charge on any atom is -0.497 e. The van der Waals surface area contributed by atoms with E-state index >= 15 is 8.78 Å². The molecule has 0 unspecified atom stereocenters. The van der Waals surface area contributed by atoms with Gasteiger partial charge >= 0.3 is 6.61 Å². The summed E-state index contributed by atoms with van der Waals surface area (Å²) in [5, 5.41) is 2.63. The Morgan fingerprint density at radius 2 is 1.57 bits per heavy atom. The molecule has 244 valence electrons. The van der Waals surface area contributed by atoms with Gasteiger partial charge in [0.2, 0.25) is 0 Å².